The Morgan fingerprint density at radius 1 is 1.17 bits per heavy atom. The van der Waals surface area contributed by atoms with Gasteiger partial charge in [0.2, 0.25) is 5.88 Å². The maximum atomic E-state index is 12.7. The van der Waals surface area contributed by atoms with Gasteiger partial charge in [0, 0.05) is 31.1 Å². The number of fused-ring (bicyclic) bond motifs is 3. The summed E-state index contributed by atoms with van der Waals surface area (Å²) in [6.45, 7) is 9.53. The summed E-state index contributed by atoms with van der Waals surface area (Å²) in [4.78, 5) is 23.4. The number of benzene rings is 1. The first-order valence-corrected chi connectivity index (χ1v) is 11.8. The quantitative estimate of drug-likeness (QED) is 0.567. The lowest BCUT2D eigenvalue weighted by Gasteiger charge is -2.46. The minimum absolute atomic E-state index is 0.00378. The molecule has 2 aliphatic heterocycles. The molecule has 2 bridgehead atoms. The van der Waals surface area contributed by atoms with Crippen molar-refractivity contribution in [2.24, 2.45) is 11.8 Å². The van der Waals surface area contributed by atoms with Crippen LogP contribution in [0.3, 0.4) is 0 Å². The molecule has 0 spiro atoms. The van der Waals surface area contributed by atoms with Gasteiger partial charge in [-0.3, -0.25) is 4.57 Å². The third-order valence-electron chi connectivity index (χ3n) is 6.47. The minimum Gasteiger partial charge on any atom is -0.473 e. The van der Waals surface area contributed by atoms with Gasteiger partial charge < -0.3 is 19.1 Å². The Labute approximate surface area is 204 Å². The molecule has 2 aliphatic rings. The van der Waals surface area contributed by atoms with Crippen molar-refractivity contribution in [3.8, 4) is 17.6 Å². The smallest absolute Gasteiger partial charge is 0.410 e. The summed E-state index contributed by atoms with van der Waals surface area (Å²) in [5.74, 6) is 0.501. The molecule has 182 valence electrons. The summed E-state index contributed by atoms with van der Waals surface area (Å²) >= 11 is 0. The highest BCUT2D eigenvalue weighted by atomic mass is 16.6. The van der Waals surface area contributed by atoms with E-state index >= 15 is 0 Å². The van der Waals surface area contributed by atoms with E-state index in [1.165, 1.54) is 6.33 Å². The van der Waals surface area contributed by atoms with Crippen LogP contribution in [0.25, 0.3) is 16.7 Å². The summed E-state index contributed by atoms with van der Waals surface area (Å²) in [5.41, 5.74) is 2.40. The van der Waals surface area contributed by atoms with Crippen LogP contribution in [0.4, 0.5) is 4.79 Å². The monoisotopic (exact) mass is 475 g/mol. The summed E-state index contributed by atoms with van der Waals surface area (Å²) < 4.78 is 19.8. The minimum atomic E-state index is -0.543. The van der Waals surface area contributed by atoms with Crippen LogP contribution in [0, 0.1) is 30.1 Å². The standard InChI is InChI=1S/C26H29N5O4/c1-16-6-5-7-21(20(16)10-27)31-9-8-19-23(31)28-15-29-24(19)34-22-17-11-30(12-18(22)14-33-13-17)25(32)35-26(2,3)4/h5-9,15,17-18,22H,11-14H2,1-4H3. The number of aromatic nitrogens is 3. The van der Waals surface area contributed by atoms with Crippen LogP contribution in [-0.4, -0.2) is 63.5 Å². The van der Waals surface area contributed by atoms with Crippen molar-refractivity contribution >= 4 is 17.1 Å². The Balaban J connectivity index is 1.42. The fourth-order valence-electron chi connectivity index (χ4n) is 4.91. The zero-order chi connectivity index (χ0) is 24.7. The maximum absolute atomic E-state index is 12.7. The predicted molar refractivity (Wildman–Crippen MR) is 128 cm³/mol. The molecule has 0 N–H and O–H groups in total. The third kappa shape index (κ3) is 4.42. The molecule has 5 rings (SSSR count). The molecule has 2 aromatic heterocycles. The van der Waals surface area contributed by atoms with Crippen LogP contribution in [0.1, 0.15) is 31.9 Å². The van der Waals surface area contributed by atoms with Crippen molar-refractivity contribution < 1.29 is 19.0 Å². The van der Waals surface area contributed by atoms with E-state index < -0.39 is 5.60 Å². The number of amides is 1. The number of carbonyl (C=O) groups is 1. The van der Waals surface area contributed by atoms with Crippen molar-refractivity contribution in [2.45, 2.75) is 39.4 Å². The van der Waals surface area contributed by atoms with Gasteiger partial charge in [-0.2, -0.15) is 5.26 Å². The number of aryl methyl sites for hydroxylation is 1. The summed E-state index contributed by atoms with van der Waals surface area (Å²) in [6, 6.07) is 9.96. The average Bonchev–Trinajstić information content (AvgIpc) is 3.22. The highest BCUT2D eigenvalue weighted by Crippen LogP contribution is 2.34. The Hall–Kier alpha value is -3.64. The van der Waals surface area contributed by atoms with E-state index in [9.17, 15) is 10.1 Å². The molecule has 35 heavy (non-hydrogen) atoms. The van der Waals surface area contributed by atoms with Crippen molar-refractivity contribution in [1.29, 1.82) is 5.26 Å². The van der Waals surface area contributed by atoms with E-state index in [0.717, 1.165) is 16.6 Å². The lowest BCUT2D eigenvalue weighted by molar-refractivity contribution is -0.112. The number of piperidine rings is 1. The topological polar surface area (TPSA) is 102 Å². The molecule has 2 fully saturated rings. The van der Waals surface area contributed by atoms with Gasteiger partial charge in [-0.1, -0.05) is 12.1 Å². The maximum Gasteiger partial charge on any atom is 0.410 e. The Morgan fingerprint density at radius 2 is 1.91 bits per heavy atom. The molecule has 1 amide bonds. The molecule has 4 heterocycles. The van der Waals surface area contributed by atoms with Crippen LogP contribution in [0.15, 0.2) is 36.8 Å². The Morgan fingerprint density at radius 3 is 2.60 bits per heavy atom. The van der Waals surface area contributed by atoms with E-state index in [1.807, 2.05) is 62.7 Å². The molecule has 3 aromatic rings. The van der Waals surface area contributed by atoms with Crippen LogP contribution >= 0.6 is 0 Å². The normalized spacial score (nSPS) is 22.0. The van der Waals surface area contributed by atoms with Crippen molar-refractivity contribution in [3.05, 3.63) is 47.9 Å². The van der Waals surface area contributed by atoms with Gasteiger partial charge in [0.1, 0.15) is 24.1 Å². The van der Waals surface area contributed by atoms with E-state index in [4.69, 9.17) is 14.2 Å². The first kappa shape index (κ1) is 23.1. The first-order chi connectivity index (χ1) is 16.7. The second-order valence-electron chi connectivity index (χ2n) is 10.2. The molecule has 2 atom stereocenters. The van der Waals surface area contributed by atoms with Gasteiger partial charge in [0.15, 0.2) is 5.65 Å². The van der Waals surface area contributed by atoms with E-state index in [-0.39, 0.29) is 24.0 Å². The number of rotatable bonds is 3. The molecule has 0 aliphatic carbocycles. The number of carbonyl (C=O) groups excluding carboxylic acids is 1. The van der Waals surface area contributed by atoms with Gasteiger partial charge in [-0.05, 0) is 45.4 Å². The number of nitriles is 1. The van der Waals surface area contributed by atoms with Crippen LogP contribution in [0.5, 0.6) is 5.88 Å². The van der Waals surface area contributed by atoms with Gasteiger partial charge >= 0.3 is 6.09 Å². The predicted octanol–water partition coefficient (Wildman–Crippen LogP) is 3.86. The summed E-state index contributed by atoms with van der Waals surface area (Å²) in [5, 5.41) is 10.5. The summed E-state index contributed by atoms with van der Waals surface area (Å²) in [6.07, 6.45) is 2.92. The van der Waals surface area contributed by atoms with Crippen LogP contribution in [0.2, 0.25) is 0 Å². The third-order valence-corrected chi connectivity index (χ3v) is 6.47. The fourth-order valence-corrected chi connectivity index (χ4v) is 4.91. The van der Waals surface area contributed by atoms with E-state index in [2.05, 4.69) is 16.0 Å². The molecule has 0 saturated carbocycles. The van der Waals surface area contributed by atoms with Crippen molar-refractivity contribution in [1.82, 2.24) is 19.4 Å². The van der Waals surface area contributed by atoms with Gasteiger partial charge in [0.05, 0.1) is 29.9 Å². The highest BCUT2D eigenvalue weighted by Gasteiger charge is 2.44. The molecule has 2 saturated heterocycles. The lowest BCUT2D eigenvalue weighted by Crippen LogP contribution is -2.59. The Kier molecular flexibility index (Phi) is 5.85. The van der Waals surface area contributed by atoms with Gasteiger partial charge in [-0.25, -0.2) is 14.8 Å². The molecule has 1 aromatic carbocycles. The average molecular weight is 476 g/mol. The SMILES string of the molecule is Cc1cccc(-n2ccc3c(OC4C5COCC4CN(C(=O)OC(C)(C)C)C5)ncnc32)c1C#N. The lowest BCUT2D eigenvalue weighted by atomic mass is 9.84. The molecule has 9 heteroatoms. The largest absolute Gasteiger partial charge is 0.473 e. The van der Waals surface area contributed by atoms with Gasteiger partial charge in [-0.15, -0.1) is 0 Å². The first-order valence-electron chi connectivity index (χ1n) is 11.8. The second kappa shape index (κ2) is 8.86. The number of hydrogen-bond donors (Lipinski definition) is 0. The zero-order valence-electron chi connectivity index (χ0n) is 20.4. The fraction of sp³-hybridized carbons (Fsp3) is 0.462. The molecular formula is C26H29N5O4. The molecular weight excluding hydrogens is 446 g/mol. The van der Waals surface area contributed by atoms with Crippen molar-refractivity contribution in [3.63, 3.8) is 0 Å². The molecule has 0 radical (unpaired) electrons. The van der Waals surface area contributed by atoms with E-state index in [1.54, 1.807) is 4.90 Å². The van der Waals surface area contributed by atoms with Crippen LogP contribution in [-0.2, 0) is 9.47 Å². The zero-order valence-corrected chi connectivity index (χ0v) is 20.4. The highest BCUT2D eigenvalue weighted by molar-refractivity contribution is 5.83. The molecule has 2 unspecified atom stereocenters. The number of likely N-dealkylation sites (tertiary alicyclic amines) is 1. The second-order valence-corrected chi connectivity index (χ2v) is 10.2. The summed E-state index contributed by atoms with van der Waals surface area (Å²) in [7, 11) is 0. The Bertz CT molecular complexity index is 1290. The van der Waals surface area contributed by atoms with E-state index in [0.29, 0.717) is 43.4 Å². The van der Waals surface area contributed by atoms with Crippen molar-refractivity contribution in [2.75, 3.05) is 26.3 Å². The van der Waals surface area contributed by atoms with Gasteiger partial charge in [0.25, 0.3) is 0 Å². The molecule has 9 nitrogen and oxygen atoms in total. The number of ether oxygens (including phenoxy) is 3. The number of hydrogen-bond acceptors (Lipinski definition) is 7. The number of nitrogens with zero attached hydrogens (tertiary/aromatic N) is 5. The van der Waals surface area contributed by atoms with Crippen LogP contribution < -0.4 is 4.74 Å².